The Morgan fingerprint density at radius 2 is 1.75 bits per heavy atom. The lowest BCUT2D eigenvalue weighted by Crippen LogP contribution is -2.14. The molecule has 0 spiro atoms. The minimum absolute atomic E-state index is 0.0388. The highest BCUT2D eigenvalue weighted by Crippen LogP contribution is 2.31. The van der Waals surface area contributed by atoms with Gasteiger partial charge in [0.2, 0.25) is 0 Å². The minimum Gasteiger partial charge on any atom is -0.493 e. The summed E-state index contributed by atoms with van der Waals surface area (Å²) < 4.78 is 16.6. The smallest absolute Gasteiger partial charge is 0.256 e. The zero-order valence-electron chi connectivity index (χ0n) is 14.1. The topological polar surface area (TPSA) is 56.8 Å². The third-order valence-electron chi connectivity index (χ3n) is 3.69. The van der Waals surface area contributed by atoms with E-state index in [-0.39, 0.29) is 12.0 Å². The Hall–Kier alpha value is -1.80. The number of hydrogen-bond donors (Lipinski definition) is 1. The molecule has 1 atom stereocenters. The van der Waals surface area contributed by atoms with Crippen LogP contribution < -0.4 is 14.8 Å². The van der Waals surface area contributed by atoms with Gasteiger partial charge in [0.1, 0.15) is 0 Å². The van der Waals surface area contributed by atoms with Gasteiger partial charge in [-0.25, -0.2) is 0 Å². The van der Waals surface area contributed by atoms with E-state index in [1.807, 2.05) is 31.2 Å². The quantitative estimate of drug-likeness (QED) is 0.681. The highest BCUT2D eigenvalue weighted by atomic mass is 127. The van der Waals surface area contributed by atoms with Gasteiger partial charge >= 0.3 is 0 Å². The first-order valence-corrected chi connectivity index (χ1v) is 8.43. The maximum Gasteiger partial charge on any atom is 0.256 e. The van der Waals surface area contributed by atoms with E-state index in [1.165, 1.54) is 0 Å². The van der Waals surface area contributed by atoms with E-state index in [0.29, 0.717) is 22.7 Å². The van der Waals surface area contributed by atoms with E-state index < -0.39 is 0 Å². The van der Waals surface area contributed by atoms with E-state index in [1.54, 1.807) is 33.5 Å². The number of nitrogens with one attached hydrogen (secondary N) is 1. The Labute approximate surface area is 155 Å². The molecule has 1 unspecified atom stereocenters. The van der Waals surface area contributed by atoms with E-state index in [9.17, 15) is 4.79 Å². The summed E-state index contributed by atoms with van der Waals surface area (Å²) in [6, 6.07) is 11.1. The first kappa shape index (κ1) is 18.5. The van der Waals surface area contributed by atoms with Crippen LogP contribution in [-0.2, 0) is 4.74 Å². The molecule has 0 bridgehead atoms. The van der Waals surface area contributed by atoms with Crippen molar-refractivity contribution in [1.82, 2.24) is 0 Å². The zero-order valence-corrected chi connectivity index (χ0v) is 16.2. The van der Waals surface area contributed by atoms with Crippen molar-refractivity contribution in [2.75, 3.05) is 26.6 Å². The lowest BCUT2D eigenvalue weighted by atomic mass is 10.1. The van der Waals surface area contributed by atoms with Gasteiger partial charge in [0.05, 0.1) is 25.9 Å². The summed E-state index contributed by atoms with van der Waals surface area (Å²) in [4.78, 5) is 12.6. The van der Waals surface area contributed by atoms with Gasteiger partial charge in [-0.15, -0.1) is 0 Å². The molecule has 0 aliphatic heterocycles. The van der Waals surface area contributed by atoms with Crippen molar-refractivity contribution in [2.45, 2.75) is 13.0 Å². The summed E-state index contributed by atoms with van der Waals surface area (Å²) in [6.07, 6.45) is -0.0388. The molecule has 2 aromatic carbocycles. The van der Waals surface area contributed by atoms with E-state index in [0.717, 1.165) is 9.13 Å². The number of halogens is 1. The molecule has 24 heavy (non-hydrogen) atoms. The second kappa shape index (κ2) is 8.34. The van der Waals surface area contributed by atoms with Crippen molar-refractivity contribution in [3.05, 3.63) is 51.1 Å². The highest BCUT2D eigenvalue weighted by molar-refractivity contribution is 14.1. The van der Waals surface area contributed by atoms with Crippen LogP contribution in [0.5, 0.6) is 11.5 Å². The van der Waals surface area contributed by atoms with Crippen molar-refractivity contribution in [3.8, 4) is 11.5 Å². The Bertz CT molecular complexity index is 733. The summed E-state index contributed by atoms with van der Waals surface area (Å²) >= 11 is 2.11. The first-order chi connectivity index (χ1) is 11.5. The molecule has 2 rings (SSSR count). The molecule has 0 radical (unpaired) electrons. The van der Waals surface area contributed by atoms with Crippen LogP contribution in [0.4, 0.5) is 5.69 Å². The molecule has 0 aliphatic carbocycles. The van der Waals surface area contributed by atoms with E-state index in [2.05, 4.69) is 27.9 Å². The van der Waals surface area contributed by atoms with Gasteiger partial charge in [-0.3, -0.25) is 4.79 Å². The molecule has 5 nitrogen and oxygen atoms in total. The normalized spacial score (nSPS) is 11.7. The van der Waals surface area contributed by atoms with E-state index in [4.69, 9.17) is 14.2 Å². The van der Waals surface area contributed by atoms with Crippen molar-refractivity contribution in [2.24, 2.45) is 0 Å². The number of hydrogen-bond acceptors (Lipinski definition) is 4. The predicted octanol–water partition coefficient (Wildman–Crippen LogP) is 4.27. The van der Waals surface area contributed by atoms with Crippen LogP contribution in [0.3, 0.4) is 0 Å². The molecule has 1 N–H and O–H groups in total. The molecule has 6 heteroatoms. The van der Waals surface area contributed by atoms with Crippen LogP contribution in [0.1, 0.15) is 28.9 Å². The molecule has 128 valence electrons. The number of rotatable bonds is 6. The number of amides is 1. The fraction of sp³-hybridized carbons (Fsp3) is 0.278. The summed E-state index contributed by atoms with van der Waals surface area (Å²) in [5, 5.41) is 2.91. The second-order valence-corrected chi connectivity index (χ2v) is 6.31. The number of carbonyl (C=O) groups excluding carboxylic acids is 1. The summed E-state index contributed by atoms with van der Waals surface area (Å²) in [5.41, 5.74) is 2.24. The molecule has 0 saturated carbocycles. The third-order valence-corrected chi connectivity index (χ3v) is 4.58. The number of anilines is 1. The summed E-state index contributed by atoms with van der Waals surface area (Å²) in [7, 11) is 4.76. The molecule has 2 aromatic rings. The minimum atomic E-state index is -0.206. The van der Waals surface area contributed by atoms with Crippen LogP contribution in [0, 0.1) is 3.57 Å². The molecular formula is C18H20INO4. The van der Waals surface area contributed by atoms with Gasteiger partial charge in [-0.05, 0) is 59.3 Å². The maximum absolute atomic E-state index is 12.6. The summed E-state index contributed by atoms with van der Waals surface area (Å²) in [6.45, 7) is 1.96. The van der Waals surface area contributed by atoms with Gasteiger partial charge in [-0.1, -0.05) is 12.1 Å². The van der Waals surface area contributed by atoms with Crippen molar-refractivity contribution >= 4 is 34.2 Å². The average Bonchev–Trinajstić information content (AvgIpc) is 2.60. The van der Waals surface area contributed by atoms with Gasteiger partial charge in [-0.2, -0.15) is 0 Å². The fourth-order valence-corrected chi connectivity index (χ4v) is 2.92. The first-order valence-electron chi connectivity index (χ1n) is 7.35. The van der Waals surface area contributed by atoms with Gasteiger partial charge in [0.15, 0.2) is 11.5 Å². The van der Waals surface area contributed by atoms with Crippen LogP contribution in [0.15, 0.2) is 36.4 Å². The predicted molar refractivity (Wildman–Crippen MR) is 102 cm³/mol. The lowest BCUT2D eigenvalue weighted by molar-refractivity contribution is 0.102. The van der Waals surface area contributed by atoms with Crippen molar-refractivity contribution in [1.29, 1.82) is 0 Å². The van der Waals surface area contributed by atoms with Crippen LogP contribution >= 0.6 is 22.6 Å². The number of methoxy groups -OCH3 is 3. The maximum atomic E-state index is 12.6. The molecule has 0 fully saturated rings. The van der Waals surface area contributed by atoms with Crippen molar-refractivity contribution in [3.63, 3.8) is 0 Å². The van der Waals surface area contributed by atoms with Crippen LogP contribution in [0.2, 0.25) is 0 Å². The number of benzene rings is 2. The standard InChI is InChI=1S/C18H20INO4/c1-11(22-2)12-6-5-7-13(8-12)20-18(21)14-9-16(23-3)17(24-4)10-15(14)19/h5-11H,1-4H3,(H,20,21). The Balaban J connectivity index is 2.27. The number of carbonyl (C=O) groups is 1. The van der Waals surface area contributed by atoms with Gasteiger partial charge in [0, 0.05) is 16.4 Å². The monoisotopic (exact) mass is 441 g/mol. The molecule has 1 amide bonds. The van der Waals surface area contributed by atoms with Crippen molar-refractivity contribution < 1.29 is 19.0 Å². The van der Waals surface area contributed by atoms with Gasteiger partial charge in [0.25, 0.3) is 5.91 Å². The molecule has 0 aliphatic rings. The zero-order chi connectivity index (χ0) is 17.7. The molecular weight excluding hydrogens is 421 g/mol. The number of ether oxygens (including phenoxy) is 3. The third kappa shape index (κ3) is 4.18. The Morgan fingerprint density at radius 1 is 1.08 bits per heavy atom. The fourth-order valence-electron chi connectivity index (χ4n) is 2.23. The van der Waals surface area contributed by atoms with E-state index >= 15 is 0 Å². The summed E-state index contributed by atoms with van der Waals surface area (Å²) in [5.74, 6) is 0.904. The average molecular weight is 441 g/mol. The Kier molecular flexibility index (Phi) is 6.44. The Morgan fingerprint density at radius 3 is 2.38 bits per heavy atom. The largest absolute Gasteiger partial charge is 0.493 e. The highest BCUT2D eigenvalue weighted by Gasteiger charge is 2.16. The SMILES string of the molecule is COc1cc(I)c(C(=O)Nc2cccc(C(C)OC)c2)cc1OC. The molecule has 0 saturated heterocycles. The molecule has 0 heterocycles. The second-order valence-electron chi connectivity index (χ2n) is 5.14. The van der Waals surface area contributed by atoms with Gasteiger partial charge < -0.3 is 19.5 Å². The molecule has 0 aromatic heterocycles. The van der Waals surface area contributed by atoms with Crippen LogP contribution in [-0.4, -0.2) is 27.2 Å². The van der Waals surface area contributed by atoms with Crippen LogP contribution in [0.25, 0.3) is 0 Å². The lowest BCUT2D eigenvalue weighted by Gasteiger charge is -2.14.